The number of ether oxygens (including phenoxy) is 1. The van der Waals surface area contributed by atoms with Gasteiger partial charge in [0.25, 0.3) is 0 Å². The highest BCUT2D eigenvalue weighted by Crippen LogP contribution is 2.56. The minimum Gasteiger partial charge on any atom is -0.497 e. The van der Waals surface area contributed by atoms with Crippen molar-refractivity contribution in [2.24, 2.45) is 0 Å². The Balaban J connectivity index is 2.37. The molecule has 1 atom stereocenters. The second-order valence-corrected chi connectivity index (χ2v) is 5.08. The van der Waals surface area contributed by atoms with E-state index in [0.29, 0.717) is 22.4 Å². The molecule has 0 fully saturated rings. The Hall–Kier alpha value is -1.97. The van der Waals surface area contributed by atoms with E-state index in [1.165, 1.54) is 20.1 Å². The van der Waals surface area contributed by atoms with Crippen LogP contribution in [-0.4, -0.2) is 13.3 Å². The first-order valence-corrected chi connectivity index (χ1v) is 6.24. The van der Waals surface area contributed by atoms with Gasteiger partial charge in [0.05, 0.1) is 7.11 Å². The maximum Gasteiger partial charge on any atom is 0.402 e. The Morgan fingerprint density at radius 3 is 2.25 bits per heavy atom. The molecule has 0 heterocycles. The summed E-state index contributed by atoms with van der Waals surface area (Å²) in [6.45, 7) is 1.23. The van der Waals surface area contributed by atoms with Gasteiger partial charge in [0.2, 0.25) is 0 Å². The molecule has 0 aliphatic heterocycles. The van der Waals surface area contributed by atoms with Crippen LogP contribution in [0.25, 0.3) is 11.1 Å². The molecule has 1 nitrogen and oxygen atoms in total. The lowest BCUT2D eigenvalue weighted by molar-refractivity contribution is -0.172. The Bertz CT molecular complexity index is 676. The Labute approximate surface area is 115 Å². The number of fused-ring (bicyclic) bond motifs is 3. The van der Waals surface area contributed by atoms with Crippen molar-refractivity contribution in [3.8, 4) is 16.9 Å². The monoisotopic (exact) mass is 278 g/mol. The van der Waals surface area contributed by atoms with Crippen molar-refractivity contribution < 1.29 is 17.9 Å². The van der Waals surface area contributed by atoms with Gasteiger partial charge in [0, 0.05) is 0 Å². The highest BCUT2D eigenvalue weighted by Gasteiger charge is 2.58. The van der Waals surface area contributed by atoms with Gasteiger partial charge in [0.1, 0.15) is 11.2 Å². The molecule has 0 radical (unpaired) electrons. The van der Waals surface area contributed by atoms with E-state index < -0.39 is 11.6 Å². The summed E-state index contributed by atoms with van der Waals surface area (Å²) >= 11 is 0. The lowest BCUT2D eigenvalue weighted by Gasteiger charge is -2.30. The molecule has 0 aromatic heterocycles. The number of methoxy groups -OCH3 is 1. The second kappa shape index (κ2) is 4.01. The van der Waals surface area contributed by atoms with Crippen LogP contribution in [0.4, 0.5) is 13.2 Å². The number of halogens is 3. The molecular weight excluding hydrogens is 265 g/mol. The Kier molecular flexibility index (Phi) is 2.61. The van der Waals surface area contributed by atoms with Gasteiger partial charge >= 0.3 is 6.18 Å². The molecule has 0 spiro atoms. The lowest BCUT2D eigenvalue weighted by Crippen LogP contribution is -2.38. The SMILES string of the molecule is COc1ccc2c(c1)C(C)(C(F)(F)F)c1ccccc1-2. The standard InChI is InChI=1S/C16H13F3O/c1-15(16(17,18)19)13-6-4-3-5-11(13)12-8-7-10(20-2)9-14(12)15/h3-9H,1-2H3. The van der Waals surface area contributed by atoms with Crippen molar-refractivity contribution in [3.05, 3.63) is 53.6 Å². The molecular formula is C16H13F3O. The molecule has 1 aliphatic rings. The minimum absolute atomic E-state index is 0.255. The van der Waals surface area contributed by atoms with Crippen LogP contribution in [0.3, 0.4) is 0 Å². The van der Waals surface area contributed by atoms with Gasteiger partial charge in [-0.25, -0.2) is 0 Å². The molecule has 0 N–H and O–H groups in total. The summed E-state index contributed by atoms with van der Waals surface area (Å²) in [6.07, 6.45) is -4.36. The molecule has 1 aliphatic carbocycles. The molecule has 2 aromatic carbocycles. The number of benzene rings is 2. The van der Waals surface area contributed by atoms with Crippen molar-refractivity contribution >= 4 is 0 Å². The zero-order valence-electron chi connectivity index (χ0n) is 11.1. The highest BCUT2D eigenvalue weighted by atomic mass is 19.4. The molecule has 20 heavy (non-hydrogen) atoms. The summed E-state index contributed by atoms with van der Waals surface area (Å²) in [5, 5.41) is 0. The third-order valence-corrected chi connectivity index (χ3v) is 4.09. The summed E-state index contributed by atoms with van der Waals surface area (Å²) < 4.78 is 46.2. The summed E-state index contributed by atoms with van der Waals surface area (Å²) in [5.41, 5.74) is -0.166. The molecule has 1 unspecified atom stereocenters. The smallest absolute Gasteiger partial charge is 0.402 e. The third-order valence-electron chi connectivity index (χ3n) is 4.09. The maximum atomic E-state index is 13.7. The fourth-order valence-corrected chi connectivity index (χ4v) is 2.90. The zero-order valence-corrected chi connectivity index (χ0v) is 11.1. The van der Waals surface area contributed by atoms with Gasteiger partial charge in [-0.3, -0.25) is 0 Å². The van der Waals surface area contributed by atoms with E-state index in [9.17, 15) is 13.2 Å². The summed E-state index contributed by atoms with van der Waals surface area (Å²) in [7, 11) is 1.45. The second-order valence-electron chi connectivity index (χ2n) is 5.08. The molecule has 0 amide bonds. The van der Waals surface area contributed by atoms with Gasteiger partial charge < -0.3 is 4.74 Å². The average Bonchev–Trinajstić information content (AvgIpc) is 2.70. The van der Waals surface area contributed by atoms with Crippen molar-refractivity contribution in [2.45, 2.75) is 18.5 Å². The van der Waals surface area contributed by atoms with Crippen molar-refractivity contribution in [2.75, 3.05) is 7.11 Å². The molecule has 0 bridgehead atoms. The molecule has 0 saturated carbocycles. The predicted octanol–water partition coefficient (Wildman–Crippen LogP) is 4.54. The van der Waals surface area contributed by atoms with Crippen molar-refractivity contribution in [1.29, 1.82) is 0 Å². The first-order chi connectivity index (χ1) is 9.39. The van der Waals surface area contributed by atoms with E-state index >= 15 is 0 Å². The summed E-state index contributed by atoms with van der Waals surface area (Å²) in [4.78, 5) is 0. The first kappa shape index (κ1) is 13.0. The largest absolute Gasteiger partial charge is 0.497 e. The summed E-state index contributed by atoms with van der Waals surface area (Å²) in [5.74, 6) is 0.437. The number of hydrogen-bond acceptors (Lipinski definition) is 1. The van der Waals surface area contributed by atoms with Crippen LogP contribution in [0.2, 0.25) is 0 Å². The van der Waals surface area contributed by atoms with Crippen LogP contribution in [0, 0.1) is 0 Å². The quantitative estimate of drug-likeness (QED) is 0.744. The molecule has 2 aromatic rings. The van der Waals surface area contributed by atoms with Gasteiger partial charge in [-0.15, -0.1) is 0 Å². The van der Waals surface area contributed by atoms with Crippen LogP contribution in [0.5, 0.6) is 5.75 Å². The van der Waals surface area contributed by atoms with Crippen molar-refractivity contribution in [3.63, 3.8) is 0 Å². The molecule has 4 heteroatoms. The van der Waals surface area contributed by atoms with Crippen LogP contribution < -0.4 is 4.74 Å². The van der Waals surface area contributed by atoms with E-state index in [1.807, 2.05) is 0 Å². The first-order valence-electron chi connectivity index (χ1n) is 6.24. The Morgan fingerprint density at radius 1 is 0.950 bits per heavy atom. The van der Waals surface area contributed by atoms with Crippen LogP contribution in [0.15, 0.2) is 42.5 Å². The fourth-order valence-electron chi connectivity index (χ4n) is 2.90. The van der Waals surface area contributed by atoms with E-state index in [2.05, 4.69) is 0 Å². The van der Waals surface area contributed by atoms with E-state index in [0.717, 1.165) is 0 Å². The Morgan fingerprint density at radius 2 is 1.60 bits per heavy atom. The number of hydrogen-bond donors (Lipinski definition) is 0. The van der Waals surface area contributed by atoms with Crippen LogP contribution in [-0.2, 0) is 5.41 Å². The van der Waals surface area contributed by atoms with Gasteiger partial charge in [-0.05, 0) is 41.3 Å². The topological polar surface area (TPSA) is 9.23 Å². The van der Waals surface area contributed by atoms with E-state index in [1.54, 1.807) is 36.4 Å². The number of rotatable bonds is 1. The summed E-state index contributed by atoms with van der Waals surface area (Å²) in [6, 6.07) is 11.6. The normalized spacial score (nSPS) is 20.4. The molecule has 0 saturated heterocycles. The molecule has 3 rings (SSSR count). The average molecular weight is 278 g/mol. The molecule has 104 valence electrons. The third kappa shape index (κ3) is 1.51. The van der Waals surface area contributed by atoms with Gasteiger partial charge in [-0.2, -0.15) is 13.2 Å². The van der Waals surface area contributed by atoms with Gasteiger partial charge in [-0.1, -0.05) is 30.3 Å². The van der Waals surface area contributed by atoms with E-state index in [4.69, 9.17) is 4.74 Å². The highest BCUT2D eigenvalue weighted by molar-refractivity contribution is 5.82. The van der Waals surface area contributed by atoms with Gasteiger partial charge in [0.15, 0.2) is 0 Å². The zero-order chi connectivity index (χ0) is 14.5. The maximum absolute atomic E-state index is 13.7. The fraction of sp³-hybridized carbons (Fsp3) is 0.250. The number of alkyl halides is 3. The van der Waals surface area contributed by atoms with E-state index in [-0.39, 0.29) is 5.56 Å². The minimum atomic E-state index is -4.36. The predicted molar refractivity (Wildman–Crippen MR) is 70.9 cm³/mol. The van der Waals surface area contributed by atoms with Crippen LogP contribution in [0.1, 0.15) is 18.1 Å². The van der Waals surface area contributed by atoms with Crippen LogP contribution >= 0.6 is 0 Å². The van der Waals surface area contributed by atoms with Crippen molar-refractivity contribution in [1.82, 2.24) is 0 Å². The lowest BCUT2D eigenvalue weighted by atomic mass is 9.79.